The van der Waals surface area contributed by atoms with E-state index in [-0.39, 0.29) is 22.5 Å². The Bertz CT molecular complexity index is 930. The molecule has 4 rings (SSSR count). The van der Waals surface area contributed by atoms with Crippen molar-refractivity contribution in [1.29, 1.82) is 0 Å². The number of fused-ring (bicyclic) bond motifs is 1. The van der Waals surface area contributed by atoms with Crippen molar-refractivity contribution in [2.24, 2.45) is 0 Å². The zero-order chi connectivity index (χ0) is 18.1. The zero-order valence-corrected chi connectivity index (χ0v) is 14.9. The van der Waals surface area contributed by atoms with Gasteiger partial charge in [0.05, 0.1) is 15.8 Å². The van der Waals surface area contributed by atoms with Crippen LogP contribution in [-0.4, -0.2) is 42.6 Å². The molecule has 26 heavy (non-hydrogen) atoms. The van der Waals surface area contributed by atoms with Gasteiger partial charge in [0.2, 0.25) is 10.8 Å². The van der Waals surface area contributed by atoms with Crippen molar-refractivity contribution in [2.75, 3.05) is 13.1 Å². The number of aromatic nitrogens is 3. The van der Waals surface area contributed by atoms with Crippen LogP contribution in [0.4, 0.5) is 5.69 Å². The van der Waals surface area contributed by atoms with E-state index in [4.69, 9.17) is 0 Å². The van der Waals surface area contributed by atoms with Gasteiger partial charge in [-0.25, -0.2) is 4.98 Å². The Morgan fingerprint density at radius 3 is 2.69 bits per heavy atom. The van der Waals surface area contributed by atoms with Crippen LogP contribution < -0.4 is 0 Å². The van der Waals surface area contributed by atoms with Crippen molar-refractivity contribution >= 4 is 22.0 Å². The highest BCUT2D eigenvalue weighted by molar-refractivity contribution is 7.17. The molecule has 3 heterocycles. The topological polar surface area (TPSA) is 96.8 Å². The van der Waals surface area contributed by atoms with Crippen LogP contribution in [0, 0.1) is 10.1 Å². The lowest BCUT2D eigenvalue weighted by Crippen LogP contribution is -2.30. The first-order valence-electron chi connectivity index (χ1n) is 8.65. The van der Waals surface area contributed by atoms with Crippen LogP contribution in [0.3, 0.4) is 0 Å². The lowest BCUT2D eigenvalue weighted by atomic mass is 10.0. The van der Waals surface area contributed by atoms with Crippen molar-refractivity contribution in [2.45, 2.75) is 31.7 Å². The van der Waals surface area contributed by atoms with Gasteiger partial charge in [-0.1, -0.05) is 36.3 Å². The summed E-state index contributed by atoms with van der Waals surface area (Å²) in [5.74, 6) is 0.0586. The van der Waals surface area contributed by atoms with Gasteiger partial charge < -0.3 is 5.11 Å². The minimum absolute atomic E-state index is 0.0567. The van der Waals surface area contributed by atoms with Crippen molar-refractivity contribution in [3.63, 3.8) is 0 Å². The molecular formula is C17H19N5O3S. The van der Waals surface area contributed by atoms with E-state index in [1.807, 2.05) is 6.07 Å². The van der Waals surface area contributed by atoms with Gasteiger partial charge in [0, 0.05) is 12.1 Å². The fraction of sp³-hybridized carbons (Fsp3) is 0.412. The molecule has 0 spiro atoms. The van der Waals surface area contributed by atoms with Gasteiger partial charge in [-0.05, 0) is 31.5 Å². The van der Waals surface area contributed by atoms with E-state index in [0.29, 0.717) is 4.96 Å². The van der Waals surface area contributed by atoms with Crippen LogP contribution in [0.1, 0.15) is 42.2 Å². The monoisotopic (exact) mass is 373 g/mol. The van der Waals surface area contributed by atoms with Gasteiger partial charge in [0.1, 0.15) is 6.33 Å². The first-order chi connectivity index (χ1) is 12.6. The molecule has 1 saturated heterocycles. The maximum absolute atomic E-state index is 11.2. The molecule has 1 aliphatic heterocycles. The predicted molar refractivity (Wildman–Crippen MR) is 97.5 cm³/mol. The molecule has 2 aromatic heterocycles. The Hall–Kier alpha value is -2.52. The minimum Gasteiger partial charge on any atom is -0.492 e. The molecule has 0 aliphatic carbocycles. The van der Waals surface area contributed by atoms with Gasteiger partial charge in [-0.2, -0.15) is 9.61 Å². The first-order valence-corrected chi connectivity index (χ1v) is 9.46. The van der Waals surface area contributed by atoms with Crippen LogP contribution >= 0.6 is 11.3 Å². The molecule has 1 atom stereocenters. The zero-order valence-electron chi connectivity index (χ0n) is 14.1. The minimum atomic E-state index is -0.383. The van der Waals surface area contributed by atoms with Crippen molar-refractivity contribution in [3.05, 3.63) is 51.1 Å². The van der Waals surface area contributed by atoms with Crippen molar-refractivity contribution < 1.29 is 10.0 Å². The quantitative estimate of drug-likeness (QED) is 0.556. The summed E-state index contributed by atoms with van der Waals surface area (Å²) in [7, 11) is 0. The second-order valence-corrected chi connectivity index (χ2v) is 7.46. The van der Waals surface area contributed by atoms with Crippen LogP contribution in [0.15, 0.2) is 30.6 Å². The Morgan fingerprint density at radius 2 is 2.00 bits per heavy atom. The van der Waals surface area contributed by atoms with E-state index >= 15 is 0 Å². The third-order valence-electron chi connectivity index (χ3n) is 4.79. The second-order valence-electron chi connectivity index (χ2n) is 6.45. The maximum atomic E-state index is 11.2. The van der Waals surface area contributed by atoms with Gasteiger partial charge in [-0.3, -0.25) is 15.0 Å². The van der Waals surface area contributed by atoms with Gasteiger partial charge in [0.25, 0.3) is 5.69 Å². The van der Waals surface area contributed by atoms with E-state index in [9.17, 15) is 15.2 Å². The number of hydrogen-bond acceptors (Lipinski definition) is 7. The highest BCUT2D eigenvalue weighted by Gasteiger charge is 2.30. The largest absolute Gasteiger partial charge is 0.492 e. The van der Waals surface area contributed by atoms with Crippen LogP contribution in [0.25, 0.3) is 4.96 Å². The number of thiazole rings is 1. The third-order valence-corrected chi connectivity index (χ3v) is 5.88. The lowest BCUT2D eigenvalue weighted by Gasteiger charge is -2.30. The summed E-state index contributed by atoms with van der Waals surface area (Å²) in [6, 6.07) is 6.43. The molecule has 136 valence electrons. The molecule has 1 fully saturated rings. The third kappa shape index (κ3) is 3.04. The number of aromatic hydroxyl groups is 1. The van der Waals surface area contributed by atoms with Crippen molar-refractivity contribution in [3.8, 4) is 5.88 Å². The molecular weight excluding hydrogens is 354 g/mol. The summed E-state index contributed by atoms with van der Waals surface area (Å²) in [4.78, 5) is 18.7. The number of benzene rings is 1. The summed E-state index contributed by atoms with van der Waals surface area (Å²) in [5.41, 5.74) is 0.863. The van der Waals surface area contributed by atoms with E-state index in [1.165, 1.54) is 41.1 Å². The van der Waals surface area contributed by atoms with Crippen LogP contribution in [-0.2, 0) is 0 Å². The molecule has 3 aromatic rings. The van der Waals surface area contributed by atoms with E-state index in [1.54, 1.807) is 12.1 Å². The summed E-state index contributed by atoms with van der Waals surface area (Å²) in [6.07, 6.45) is 5.92. The second kappa shape index (κ2) is 7.00. The molecule has 0 radical (unpaired) electrons. The molecule has 0 bridgehead atoms. The number of rotatable bonds is 4. The number of hydrogen-bond donors (Lipinski definition) is 1. The average molecular weight is 373 g/mol. The fourth-order valence-electron chi connectivity index (χ4n) is 3.56. The SMILES string of the molecule is O=[N+]([O-])c1cccc(C(c2sc3ncnn3c2O)N2CCCCCC2)c1. The Balaban J connectivity index is 1.83. The number of nitro benzene ring substituents is 1. The van der Waals surface area contributed by atoms with Crippen molar-refractivity contribution in [1.82, 2.24) is 19.5 Å². The van der Waals surface area contributed by atoms with E-state index < -0.39 is 0 Å². The normalized spacial score (nSPS) is 17.2. The summed E-state index contributed by atoms with van der Waals surface area (Å²) in [5, 5.41) is 26.0. The van der Waals surface area contributed by atoms with Crippen LogP contribution in [0.2, 0.25) is 0 Å². The van der Waals surface area contributed by atoms with Crippen LogP contribution in [0.5, 0.6) is 5.88 Å². The predicted octanol–water partition coefficient (Wildman–Crippen LogP) is 3.37. The number of nitro groups is 1. The molecule has 1 aromatic carbocycles. The Labute approximate surface area is 153 Å². The highest BCUT2D eigenvalue weighted by atomic mass is 32.1. The summed E-state index contributed by atoms with van der Waals surface area (Å²) < 4.78 is 1.42. The van der Waals surface area contributed by atoms with Gasteiger partial charge in [0.15, 0.2) is 0 Å². The Morgan fingerprint density at radius 1 is 1.23 bits per heavy atom. The molecule has 8 nitrogen and oxygen atoms in total. The van der Waals surface area contributed by atoms with Gasteiger partial charge >= 0.3 is 0 Å². The Kier molecular flexibility index (Phi) is 4.56. The first kappa shape index (κ1) is 16.9. The molecule has 1 aliphatic rings. The fourth-order valence-corrected chi connectivity index (χ4v) is 4.65. The van der Waals surface area contributed by atoms with E-state index in [0.717, 1.165) is 36.4 Å². The molecule has 1 N–H and O–H groups in total. The molecule has 9 heteroatoms. The number of nitrogens with zero attached hydrogens (tertiary/aromatic N) is 5. The molecule has 0 amide bonds. The molecule has 0 saturated carbocycles. The highest BCUT2D eigenvalue weighted by Crippen LogP contribution is 2.41. The lowest BCUT2D eigenvalue weighted by molar-refractivity contribution is -0.384. The van der Waals surface area contributed by atoms with E-state index in [2.05, 4.69) is 15.0 Å². The number of likely N-dealkylation sites (tertiary alicyclic amines) is 1. The number of non-ortho nitro benzene ring substituents is 1. The molecule has 1 unspecified atom stereocenters. The maximum Gasteiger partial charge on any atom is 0.269 e. The standard InChI is InChI=1S/C17H19N5O3S/c23-16-15(26-17-18-11-19-21(16)17)14(20-8-3-1-2-4-9-20)12-6-5-7-13(10-12)22(24)25/h5-7,10-11,14,23H,1-4,8-9H2. The average Bonchev–Trinajstić information content (AvgIpc) is 3.10. The smallest absolute Gasteiger partial charge is 0.269 e. The van der Waals surface area contributed by atoms with Gasteiger partial charge in [-0.15, -0.1) is 0 Å². The summed E-state index contributed by atoms with van der Waals surface area (Å²) >= 11 is 1.38. The summed E-state index contributed by atoms with van der Waals surface area (Å²) in [6.45, 7) is 1.78.